The molecule has 1 heteroatoms. The summed E-state index contributed by atoms with van der Waals surface area (Å²) in [6.45, 7) is 6.28. The summed E-state index contributed by atoms with van der Waals surface area (Å²) in [5.74, 6) is 1.01. The van der Waals surface area contributed by atoms with E-state index in [-0.39, 0.29) is 0 Å². The molecule has 0 saturated heterocycles. The zero-order valence-corrected chi connectivity index (χ0v) is 8.00. The molecule has 0 aliphatic heterocycles. The molecule has 1 rings (SSSR count). The summed E-state index contributed by atoms with van der Waals surface area (Å²) in [6, 6.07) is 8.11. The maximum absolute atomic E-state index is 5.69. The summed E-state index contributed by atoms with van der Waals surface area (Å²) >= 11 is 0. The minimum atomic E-state index is 0.311. The Balaban J connectivity index is 2.69. The maximum atomic E-state index is 5.69. The third-order valence-electron chi connectivity index (χ3n) is 2.00. The fourth-order valence-corrected chi connectivity index (χ4v) is 0.989. The topological polar surface area (TPSA) is 9.23 Å². The van der Waals surface area contributed by atoms with Gasteiger partial charge in [-0.1, -0.05) is 25.1 Å². The molecule has 0 bridgehead atoms. The molecule has 1 atom stereocenters. The fourth-order valence-electron chi connectivity index (χ4n) is 0.989. The van der Waals surface area contributed by atoms with Crippen LogP contribution in [0, 0.1) is 6.92 Å². The van der Waals surface area contributed by atoms with Gasteiger partial charge in [-0.2, -0.15) is 0 Å². The second-order valence-electron chi connectivity index (χ2n) is 3.10. The average Bonchev–Trinajstić information content (AvgIpc) is 2.09. The Kier molecular flexibility index (Phi) is 3.15. The molecule has 1 aromatic carbocycles. The molecule has 0 heterocycles. The van der Waals surface area contributed by atoms with E-state index >= 15 is 0 Å². The third-order valence-corrected chi connectivity index (χ3v) is 2.00. The second kappa shape index (κ2) is 4.15. The lowest BCUT2D eigenvalue weighted by molar-refractivity contribution is 0.216. The van der Waals surface area contributed by atoms with Crippen molar-refractivity contribution in [2.45, 2.75) is 33.3 Å². The smallest absolute Gasteiger partial charge is 0.122 e. The van der Waals surface area contributed by atoms with Gasteiger partial charge in [0, 0.05) is 0 Å². The maximum Gasteiger partial charge on any atom is 0.122 e. The SMILES string of the molecule is CC[C@H](C)Oc1ccccc1C. The molecule has 0 fully saturated rings. The summed E-state index contributed by atoms with van der Waals surface area (Å²) in [5.41, 5.74) is 1.21. The first kappa shape index (κ1) is 9.11. The van der Waals surface area contributed by atoms with Crippen LogP contribution in [0.1, 0.15) is 25.8 Å². The summed E-state index contributed by atoms with van der Waals surface area (Å²) in [6.07, 6.45) is 1.36. The van der Waals surface area contributed by atoms with Crippen molar-refractivity contribution >= 4 is 0 Å². The number of hydrogen-bond donors (Lipinski definition) is 0. The molecule has 0 radical (unpaired) electrons. The van der Waals surface area contributed by atoms with E-state index in [0.29, 0.717) is 6.10 Å². The van der Waals surface area contributed by atoms with Gasteiger partial charge in [0.25, 0.3) is 0 Å². The van der Waals surface area contributed by atoms with Crippen LogP contribution in [0.2, 0.25) is 0 Å². The van der Waals surface area contributed by atoms with Gasteiger partial charge in [-0.05, 0) is 31.9 Å². The van der Waals surface area contributed by atoms with Crippen molar-refractivity contribution in [3.8, 4) is 5.75 Å². The van der Waals surface area contributed by atoms with Crippen LogP contribution in [0.25, 0.3) is 0 Å². The summed E-state index contributed by atoms with van der Waals surface area (Å²) in [4.78, 5) is 0. The van der Waals surface area contributed by atoms with Crippen LogP contribution in [0.5, 0.6) is 5.75 Å². The van der Waals surface area contributed by atoms with Gasteiger partial charge in [0.2, 0.25) is 0 Å². The van der Waals surface area contributed by atoms with Gasteiger partial charge in [0.05, 0.1) is 6.10 Å². The van der Waals surface area contributed by atoms with Crippen molar-refractivity contribution in [2.75, 3.05) is 0 Å². The first-order chi connectivity index (χ1) is 5.74. The normalized spacial score (nSPS) is 12.6. The Labute approximate surface area is 74.4 Å². The Morgan fingerprint density at radius 2 is 2.00 bits per heavy atom. The molecule has 0 amide bonds. The lowest BCUT2D eigenvalue weighted by atomic mass is 10.2. The highest BCUT2D eigenvalue weighted by Gasteiger charge is 2.01. The zero-order valence-electron chi connectivity index (χ0n) is 8.00. The molecule has 0 saturated carbocycles. The number of aryl methyl sites for hydroxylation is 1. The summed E-state index contributed by atoms with van der Waals surface area (Å²) < 4.78 is 5.69. The standard InChI is InChI=1S/C11H16O/c1-4-10(3)12-11-8-6-5-7-9(11)2/h5-8,10H,4H2,1-3H3/t10-/m0/s1. The molecule has 0 N–H and O–H groups in total. The lowest BCUT2D eigenvalue weighted by Gasteiger charge is -2.13. The van der Waals surface area contributed by atoms with E-state index in [4.69, 9.17) is 4.74 Å². The molecule has 0 aliphatic carbocycles. The van der Waals surface area contributed by atoms with Crippen LogP contribution in [0.4, 0.5) is 0 Å². The molecule has 0 unspecified atom stereocenters. The third kappa shape index (κ3) is 2.26. The van der Waals surface area contributed by atoms with Gasteiger partial charge < -0.3 is 4.74 Å². The van der Waals surface area contributed by atoms with Gasteiger partial charge in [0.1, 0.15) is 5.75 Å². The van der Waals surface area contributed by atoms with Crippen LogP contribution in [-0.2, 0) is 0 Å². The van der Waals surface area contributed by atoms with Crippen LogP contribution >= 0.6 is 0 Å². The number of ether oxygens (including phenoxy) is 1. The predicted molar refractivity (Wildman–Crippen MR) is 51.6 cm³/mol. The van der Waals surface area contributed by atoms with E-state index in [9.17, 15) is 0 Å². The highest BCUT2D eigenvalue weighted by Crippen LogP contribution is 2.18. The van der Waals surface area contributed by atoms with Gasteiger partial charge in [-0.25, -0.2) is 0 Å². The summed E-state index contributed by atoms with van der Waals surface area (Å²) in [7, 11) is 0. The molecule has 0 aliphatic rings. The zero-order chi connectivity index (χ0) is 8.97. The van der Waals surface area contributed by atoms with Crippen LogP contribution < -0.4 is 4.74 Å². The van der Waals surface area contributed by atoms with Gasteiger partial charge in [-0.15, -0.1) is 0 Å². The molecule has 0 spiro atoms. The van der Waals surface area contributed by atoms with Crippen LogP contribution in [0.15, 0.2) is 24.3 Å². The largest absolute Gasteiger partial charge is 0.490 e. The molecule has 1 nitrogen and oxygen atoms in total. The van der Waals surface area contributed by atoms with Gasteiger partial charge in [0.15, 0.2) is 0 Å². The summed E-state index contributed by atoms with van der Waals surface area (Å²) in [5, 5.41) is 0. The molecule has 1 aromatic rings. The van der Waals surface area contributed by atoms with Crippen molar-refractivity contribution in [3.63, 3.8) is 0 Å². The number of para-hydroxylation sites is 1. The number of rotatable bonds is 3. The fraction of sp³-hybridized carbons (Fsp3) is 0.455. The van der Waals surface area contributed by atoms with E-state index < -0.39 is 0 Å². The van der Waals surface area contributed by atoms with Crippen molar-refractivity contribution in [1.82, 2.24) is 0 Å². The highest BCUT2D eigenvalue weighted by atomic mass is 16.5. The van der Waals surface area contributed by atoms with Crippen molar-refractivity contribution in [1.29, 1.82) is 0 Å². The molecule has 66 valence electrons. The minimum absolute atomic E-state index is 0.311. The van der Waals surface area contributed by atoms with E-state index in [1.807, 2.05) is 18.2 Å². The first-order valence-electron chi connectivity index (χ1n) is 4.46. The average molecular weight is 164 g/mol. The van der Waals surface area contributed by atoms with Crippen LogP contribution in [0.3, 0.4) is 0 Å². The second-order valence-corrected chi connectivity index (χ2v) is 3.10. The molecular formula is C11H16O. The number of hydrogen-bond acceptors (Lipinski definition) is 1. The monoisotopic (exact) mass is 164 g/mol. The lowest BCUT2D eigenvalue weighted by Crippen LogP contribution is -2.10. The van der Waals surface area contributed by atoms with Crippen molar-refractivity contribution in [3.05, 3.63) is 29.8 Å². The van der Waals surface area contributed by atoms with Gasteiger partial charge >= 0.3 is 0 Å². The Morgan fingerprint density at radius 3 is 2.58 bits per heavy atom. The Bertz CT molecular complexity index is 243. The predicted octanol–water partition coefficient (Wildman–Crippen LogP) is 3.17. The van der Waals surface area contributed by atoms with Crippen LogP contribution in [-0.4, -0.2) is 6.10 Å². The minimum Gasteiger partial charge on any atom is -0.490 e. The van der Waals surface area contributed by atoms with E-state index in [1.165, 1.54) is 5.56 Å². The van der Waals surface area contributed by atoms with Gasteiger partial charge in [-0.3, -0.25) is 0 Å². The molecule has 12 heavy (non-hydrogen) atoms. The highest BCUT2D eigenvalue weighted by molar-refractivity contribution is 5.31. The molecular weight excluding hydrogens is 148 g/mol. The quantitative estimate of drug-likeness (QED) is 0.666. The van der Waals surface area contributed by atoms with Crippen molar-refractivity contribution in [2.24, 2.45) is 0 Å². The first-order valence-corrected chi connectivity index (χ1v) is 4.46. The van der Waals surface area contributed by atoms with E-state index in [1.54, 1.807) is 0 Å². The Morgan fingerprint density at radius 1 is 1.33 bits per heavy atom. The van der Waals surface area contributed by atoms with Crippen molar-refractivity contribution < 1.29 is 4.74 Å². The van der Waals surface area contributed by atoms with E-state index in [0.717, 1.165) is 12.2 Å². The Hall–Kier alpha value is -0.980. The molecule has 0 aromatic heterocycles. The number of benzene rings is 1. The van der Waals surface area contributed by atoms with E-state index in [2.05, 4.69) is 26.8 Å².